The van der Waals surface area contributed by atoms with Crippen molar-refractivity contribution in [2.75, 3.05) is 33.3 Å². The SMILES string of the molecule is CCN1CCc2nc3ccccc3c(C(=O)N3CCC(C(=O)OC)CC3)c2C1. The Morgan fingerprint density at radius 3 is 2.64 bits per heavy atom. The van der Waals surface area contributed by atoms with E-state index in [0.29, 0.717) is 25.9 Å². The molecule has 1 amide bonds. The van der Waals surface area contributed by atoms with E-state index < -0.39 is 0 Å². The molecule has 0 saturated carbocycles. The van der Waals surface area contributed by atoms with E-state index in [0.717, 1.165) is 53.8 Å². The number of benzene rings is 1. The van der Waals surface area contributed by atoms with Crippen LogP contribution in [-0.2, 0) is 22.5 Å². The Hall–Kier alpha value is -2.47. The van der Waals surface area contributed by atoms with E-state index in [4.69, 9.17) is 9.72 Å². The summed E-state index contributed by atoms with van der Waals surface area (Å²) in [6, 6.07) is 7.93. The van der Waals surface area contributed by atoms with Crippen molar-refractivity contribution in [3.05, 3.63) is 41.1 Å². The number of para-hydroxylation sites is 1. The smallest absolute Gasteiger partial charge is 0.308 e. The monoisotopic (exact) mass is 381 g/mol. The van der Waals surface area contributed by atoms with Gasteiger partial charge in [0.25, 0.3) is 5.91 Å². The van der Waals surface area contributed by atoms with Crippen molar-refractivity contribution in [1.29, 1.82) is 0 Å². The van der Waals surface area contributed by atoms with Crippen LogP contribution < -0.4 is 0 Å². The van der Waals surface area contributed by atoms with Gasteiger partial charge in [0.2, 0.25) is 0 Å². The largest absolute Gasteiger partial charge is 0.469 e. The molecule has 0 unspecified atom stereocenters. The van der Waals surface area contributed by atoms with Gasteiger partial charge in [0.1, 0.15) is 0 Å². The molecule has 6 heteroatoms. The number of amides is 1. The number of likely N-dealkylation sites (tertiary alicyclic amines) is 1. The van der Waals surface area contributed by atoms with Crippen molar-refractivity contribution in [2.45, 2.75) is 32.7 Å². The van der Waals surface area contributed by atoms with Crippen molar-refractivity contribution in [3.63, 3.8) is 0 Å². The number of carbonyl (C=O) groups excluding carboxylic acids is 2. The number of piperidine rings is 1. The summed E-state index contributed by atoms with van der Waals surface area (Å²) in [6.45, 7) is 6.03. The molecular weight excluding hydrogens is 354 g/mol. The first kappa shape index (κ1) is 18.9. The average molecular weight is 381 g/mol. The number of hydrogen-bond acceptors (Lipinski definition) is 5. The second-order valence-electron chi connectivity index (χ2n) is 7.64. The minimum Gasteiger partial charge on any atom is -0.469 e. The van der Waals surface area contributed by atoms with Crippen molar-refractivity contribution >= 4 is 22.8 Å². The van der Waals surface area contributed by atoms with Crippen LogP contribution in [0, 0.1) is 5.92 Å². The third-order valence-electron chi connectivity index (χ3n) is 6.10. The van der Waals surface area contributed by atoms with E-state index in [2.05, 4.69) is 11.8 Å². The van der Waals surface area contributed by atoms with Gasteiger partial charge < -0.3 is 9.64 Å². The lowest BCUT2D eigenvalue weighted by Gasteiger charge is -2.33. The highest BCUT2D eigenvalue weighted by Crippen LogP contribution is 2.30. The van der Waals surface area contributed by atoms with Crippen LogP contribution >= 0.6 is 0 Å². The predicted octanol–water partition coefficient (Wildman–Crippen LogP) is 2.64. The summed E-state index contributed by atoms with van der Waals surface area (Å²) >= 11 is 0. The highest BCUT2D eigenvalue weighted by atomic mass is 16.5. The quantitative estimate of drug-likeness (QED) is 0.765. The minimum atomic E-state index is -0.169. The number of carbonyl (C=O) groups is 2. The summed E-state index contributed by atoms with van der Waals surface area (Å²) in [4.78, 5) is 34.5. The topological polar surface area (TPSA) is 62.7 Å². The minimum absolute atomic E-state index is 0.0659. The van der Waals surface area contributed by atoms with Gasteiger partial charge in [0.05, 0.1) is 24.1 Å². The molecule has 3 heterocycles. The standard InChI is InChI=1S/C22H27N3O3/c1-3-24-11-10-19-17(14-24)20(16-6-4-5-7-18(16)23-19)21(26)25-12-8-15(9-13-25)22(27)28-2/h4-7,15H,3,8-14H2,1-2H3. The van der Waals surface area contributed by atoms with E-state index in [-0.39, 0.29) is 17.8 Å². The van der Waals surface area contributed by atoms with Crippen LogP contribution in [0.3, 0.4) is 0 Å². The van der Waals surface area contributed by atoms with Crippen molar-refractivity contribution in [3.8, 4) is 0 Å². The molecule has 2 aliphatic heterocycles. The van der Waals surface area contributed by atoms with Crippen LogP contribution in [-0.4, -0.2) is 59.9 Å². The highest BCUT2D eigenvalue weighted by Gasteiger charge is 2.32. The summed E-state index contributed by atoms with van der Waals surface area (Å²) in [6.07, 6.45) is 2.19. The summed E-state index contributed by atoms with van der Waals surface area (Å²) in [7, 11) is 1.43. The number of nitrogens with zero attached hydrogens (tertiary/aromatic N) is 3. The fraction of sp³-hybridized carbons (Fsp3) is 0.500. The number of ether oxygens (including phenoxy) is 1. The zero-order valence-electron chi connectivity index (χ0n) is 16.6. The lowest BCUT2D eigenvalue weighted by molar-refractivity contribution is -0.146. The Morgan fingerprint density at radius 1 is 1.18 bits per heavy atom. The molecule has 0 atom stereocenters. The Kier molecular flexibility index (Phi) is 5.31. The molecule has 1 saturated heterocycles. The molecular formula is C22H27N3O3. The normalized spacial score (nSPS) is 18.1. The second kappa shape index (κ2) is 7.87. The van der Waals surface area contributed by atoms with Gasteiger partial charge in [-0.1, -0.05) is 25.1 Å². The van der Waals surface area contributed by atoms with Gasteiger partial charge in [0.15, 0.2) is 0 Å². The summed E-state index contributed by atoms with van der Waals surface area (Å²) in [5, 5.41) is 0.930. The van der Waals surface area contributed by atoms with Gasteiger partial charge in [-0.15, -0.1) is 0 Å². The van der Waals surface area contributed by atoms with E-state index in [1.54, 1.807) is 0 Å². The Balaban J connectivity index is 1.69. The zero-order valence-corrected chi connectivity index (χ0v) is 16.6. The molecule has 0 bridgehead atoms. The number of fused-ring (bicyclic) bond motifs is 2. The van der Waals surface area contributed by atoms with E-state index in [1.165, 1.54) is 7.11 Å². The Bertz CT molecular complexity index is 903. The van der Waals surface area contributed by atoms with Gasteiger partial charge >= 0.3 is 5.97 Å². The molecule has 2 aliphatic rings. The molecule has 1 fully saturated rings. The molecule has 0 aliphatic carbocycles. The van der Waals surface area contributed by atoms with Crippen LogP contribution in [0.4, 0.5) is 0 Å². The molecule has 148 valence electrons. The number of aromatic nitrogens is 1. The number of esters is 1. The summed E-state index contributed by atoms with van der Waals surface area (Å²) < 4.78 is 4.87. The lowest BCUT2D eigenvalue weighted by Crippen LogP contribution is -2.42. The zero-order chi connectivity index (χ0) is 19.7. The number of rotatable bonds is 3. The number of methoxy groups -OCH3 is 1. The maximum atomic E-state index is 13.6. The third kappa shape index (κ3) is 3.37. The van der Waals surface area contributed by atoms with Gasteiger partial charge in [0, 0.05) is 49.2 Å². The van der Waals surface area contributed by atoms with Gasteiger partial charge in [-0.25, -0.2) is 0 Å². The Morgan fingerprint density at radius 2 is 1.93 bits per heavy atom. The highest BCUT2D eigenvalue weighted by molar-refractivity contribution is 6.07. The van der Waals surface area contributed by atoms with Crippen LogP contribution in [0.2, 0.25) is 0 Å². The summed E-state index contributed by atoms with van der Waals surface area (Å²) in [5.41, 5.74) is 3.82. The molecule has 1 aromatic carbocycles. The predicted molar refractivity (Wildman–Crippen MR) is 107 cm³/mol. The molecule has 2 aromatic rings. The second-order valence-corrected chi connectivity index (χ2v) is 7.64. The molecule has 0 N–H and O–H groups in total. The van der Waals surface area contributed by atoms with Gasteiger partial charge in [-0.3, -0.25) is 19.5 Å². The molecule has 1 aromatic heterocycles. The van der Waals surface area contributed by atoms with Crippen molar-refractivity contribution in [1.82, 2.24) is 14.8 Å². The van der Waals surface area contributed by atoms with Crippen LogP contribution in [0.5, 0.6) is 0 Å². The first-order chi connectivity index (χ1) is 13.6. The molecule has 4 rings (SSSR count). The summed E-state index contributed by atoms with van der Waals surface area (Å²) in [5.74, 6) is -0.207. The van der Waals surface area contributed by atoms with Crippen molar-refractivity contribution in [2.24, 2.45) is 5.92 Å². The maximum absolute atomic E-state index is 13.6. The number of pyridine rings is 1. The molecule has 0 spiro atoms. The van der Waals surface area contributed by atoms with Gasteiger partial charge in [-0.2, -0.15) is 0 Å². The third-order valence-corrected chi connectivity index (χ3v) is 6.10. The van der Waals surface area contributed by atoms with E-state index in [9.17, 15) is 9.59 Å². The number of hydrogen-bond donors (Lipinski definition) is 0. The average Bonchev–Trinajstić information content (AvgIpc) is 2.76. The lowest BCUT2D eigenvalue weighted by atomic mass is 9.92. The molecule has 6 nitrogen and oxygen atoms in total. The maximum Gasteiger partial charge on any atom is 0.308 e. The van der Waals surface area contributed by atoms with Crippen LogP contribution in [0.1, 0.15) is 41.4 Å². The van der Waals surface area contributed by atoms with Crippen molar-refractivity contribution < 1.29 is 14.3 Å². The Labute approximate surface area is 165 Å². The first-order valence-electron chi connectivity index (χ1n) is 10.1. The van der Waals surface area contributed by atoms with Crippen LogP contribution in [0.25, 0.3) is 10.9 Å². The fourth-order valence-corrected chi connectivity index (χ4v) is 4.40. The van der Waals surface area contributed by atoms with E-state index >= 15 is 0 Å². The fourth-order valence-electron chi connectivity index (χ4n) is 4.40. The first-order valence-corrected chi connectivity index (χ1v) is 10.1. The van der Waals surface area contributed by atoms with Crippen LogP contribution in [0.15, 0.2) is 24.3 Å². The molecule has 28 heavy (non-hydrogen) atoms. The van der Waals surface area contributed by atoms with E-state index in [1.807, 2.05) is 29.2 Å². The number of likely N-dealkylation sites (N-methyl/N-ethyl adjacent to an activating group) is 1. The van der Waals surface area contributed by atoms with Gasteiger partial charge in [-0.05, 0) is 25.5 Å². The molecule has 0 radical (unpaired) electrons.